The number of hydrogen-bond acceptors (Lipinski definition) is 2. The Bertz CT molecular complexity index is 650. The lowest BCUT2D eigenvalue weighted by Gasteiger charge is -1.99. The maximum absolute atomic E-state index is 11.9. The molecule has 0 aliphatic carbocycles. The lowest BCUT2D eigenvalue weighted by atomic mass is 10.1. The van der Waals surface area contributed by atoms with E-state index in [1.54, 1.807) is 12.3 Å². The molecule has 3 nitrogen and oxygen atoms in total. The van der Waals surface area contributed by atoms with E-state index in [1.807, 2.05) is 36.4 Å². The molecule has 3 rings (SSSR count). The van der Waals surface area contributed by atoms with Crippen LogP contribution in [0.2, 0.25) is 0 Å². The van der Waals surface area contributed by atoms with Gasteiger partial charge in [0.25, 0.3) is 5.91 Å². The van der Waals surface area contributed by atoms with Crippen LogP contribution in [-0.2, 0) is 4.79 Å². The highest BCUT2D eigenvalue weighted by Gasteiger charge is 2.24. The summed E-state index contributed by atoms with van der Waals surface area (Å²) in [5.41, 5.74) is 3.16. The third-order valence-electron chi connectivity index (χ3n) is 2.74. The molecule has 1 amide bonds. The average Bonchev–Trinajstić information content (AvgIpc) is 2.67. The standard InChI is InChI=1S/C14H9BrN2O/c15-9-4-5-13-11(7-9)12(14(18)17-13)8-10-3-1-2-6-16-10/h1-8H,(H,17,18)/b12-8-. The van der Waals surface area contributed by atoms with E-state index >= 15 is 0 Å². The van der Waals surface area contributed by atoms with Crippen LogP contribution in [0.3, 0.4) is 0 Å². The summed E-state index contributed by atoms with van der Waals surface area (Å²) >= 11 is 3.42. The van der Waals surface area contributed by atoms with Crippen LogP contribution in [-0.4, -0.2) is 10.9 Å². The molecule has 0 atom stereocenters. The lowest BCUT2D eigenvalue weighted by Crippen LogP contribution is -2.03. The Hall–Kier alpha value is -1.94. The smallest absolute Gasteiger partial charge is 0.256 e. The lowest BCUT2D eigenvalue weighted by molar-refractivity contribution is -0.110. The van der Waals surface area contributed by atoms with Crippen LogP contribution in [0.4, 0.5) is 5.69 Å². The van der Waals surface area contributed by atoms with Crippen molar-refractivity contribution in [2.75, 3.05) is 5.32 Å². The van der Waals surface area contributed by atoms with Crippen LogP contribution in [0.5, 0.6) is 0 Å². The number of nitrogens with one attached hydrogen (secondary N) is 1. The molecule has 88 valence electrons. The van der Waals surface area contributed by atoms with E-state index in [9.17, 15) is 4.79 Å². The average molecular weight is 301 g/mol. The Kier molecular flexibility index (Phi) is 2.72. The van der Waals surface area contributed by atoms with Gasteiger partial charge in [-0.05, 0) is 36.4 Å². The Morgan fingerprint density at radius 1 is 1.22 bits per heavy atom. The van der Waals surface area contributed by atoms with E-state index < -0.39 is 0 Å². The predicted octanol–water partition coefficient (Wildman–Crippen LogP) is 3.34. The first-order chi connectivity index (χ1) is 8.74. The first kappa shape index (κ1) is 11.2. The van der Waals surface area contributed by atoms with Gasteiger partial charge in [-0.15, -0.1) is 0 Å². The summed E-state index contributed by atoms with van der Waals surface area (Å²) in [6, 6.07) is 11.3. The second-order valence-corrected chi connectivity index (χ2v) is 4.87. The molecule has 1 aliphatic rings. The van der Waals surface area contributed by atoms with Crippen molar-refractivity contribution in [1.82, 2.24) is 4.98 Å². The number of anilines is 1. The molecule has 18 heavy (non-hydrogen) atoms. The highest BCUT2D eigenvalue weighted by Crippen LogP contribution is 2.34. The van der Waals surface area contributed by atoms with Crippen molar-refractivity contribution < 1.29 is 4.79 Å². The van der Waals surface area contributed by atoms with Gasteiger partial charge in [-0.3, -0.25) is 9.78 Å². The van der Waals surface area contributed by atoms with Gasteiger partial charge in [-0.2, -0.15) is 0 Å². The van der Waals surface area contributed by atoms with Crippen molar-refractivity contribution in [3.63, 3.8) is 0 Å². The number of amides is 1. The Morgan fingerprint density at radius 3 is 2.89 bits per heavy atom. The van der Waals surface area contributed by atoms with Crippen LogP contribution in [0.25, 0.3) is 11.6 Å². The van der Waals surface area contributed by atoms with Crippen LogP contribution >= 0.6 is 15.9 Å². The fraction of sp³-hybridized carbons (Fsp3) is 0. The number of carbonyl (C=O) groups is 1. The molecular formula is C14H9BrN2O. The monoisotopic (exact) mass is 300 g/mol. The molecule has 2 heterocycles. The maximum Gasteiger partial charge on any atom is 0.256 e. The molecule has 0 unspecified atom stereocenters. The molecule has 0 spiro atoms. The largest absolute Gasteiger partial charge is 0.321 e. The van der Waals surface area contributed by atoms with Gasteiger partial charge < -0.3 is 5.32 Å². The van der Waals surface area contributed by atoms with Crippen molar-refractivity contribution in [2.24, 2.45) is 0 Å². The summed E-state index contributed by atoms with van der Waals surface area (Å²) in [4.78, 5) is 16.1. The SMILES string of the molecule is O=C1Nc2ccc(Br)cc2/C1=C/c1ccccn1. The van der Waals surface area contributed by atoms with Gasteiger partial charge in [0, 0.05) is 21.9 Å². The summed E-state index contributed by atoms with van der Waals surface area (Å²) < 4.78 is 0.949. The highest BCUT2D eigenvalue weighted by atomic mass is 79.9. The second-order valence-electron chi connectivity index (χ2n) is 3.96. The van der Waals surface area contributed by atoms with Gasteiger partial charge >= 0.3 is 0 Å². The van der Waals surface area contributed by atoms with Gasteiger partial charge in [-0.25, -0.2) is 0 Å². The van der Waals surface area contributed by atoms with Gasteiger partial charge in [0.05, 0.1) is 11.3 Å². The van der Waals surface area contributed by atoms with E-state index in [2.05, 4.69) is 26.2 Å². The summed E-state index contributed by atoms with van der Waals surface area (Å²) in [5.74, 6) is -0.0891. The zero-order valence-corrected chi connectivity index (χ0v) is 10.9. The number of carbonyl (C=O) groups excluding carboxylic acids is 1. The number of hydrogen-bond donors (Lipinski definition) is 1. The number of rotatable bonds is 1. The Balaban J connectivity index is 2.12. The molecule has 0 bridgehead atoms. The highest BCUT2D eigenvalue weighted by molar-refractivity contribution is 9.10. The van der Waals surface area contributed by atoms with Crippen LogP contribution < -0.4 is 5.32 Å². The fourth-order valence-corrected chi connectivity index (χ4v) is 2.27. The molecule has 0 saturated carbocycles. The molecule has 0 saturated heterocycles. The van der Waals surface area contributed by atoms with Gasteiger partial charge in [-0.1, -0.05) is 22.0 Å². The molecule has 0 fully saturated rings. The number of pyridine rings is 1. The van der Waals surface area contributed by atoms with Gasteiger partial charge in [0.1, 0.15) is 0 Å². The fourth-order valence-electron chi connectivity index (χ4n) is 1.91. The molecule has 1 N–H and O–H groups in total. The molecule has 2 aromatic rings. The topological polar surface area (TPSA) is 42.0 Å². The third-order valence-corrected chi connectivity index (χ3v) is 3.24. The first-order valence-electron chi connectivity index (χ1n) is 5.48. The Labute approximate surface area is 113 Å². The van der Waals surface area contributed by atoms with E-state index in [0.29, 0.717) is 5.57 Å². The van der Waals surface area contributed by atoms with E-state index in [1.165, 1.54) is 0 Å². The molecular weight excluding hydrogens is 292 g/mol. The van der Waals surface area contributed by atoms with Crippen LogP contribution in [0.1, 0.15) is 11.3 Å². The summed E-state index contributed by atoms with van der Waals surface area (Å²) in [7, 11) is 0. The van der Waals surface area contributed by atoms with Crippen molar-refractivity contribution in [2.45, 2.75) is 0 Å². The minimum atomic E-state index is -0.0891. The molecule has 1 aromatic heterocycles. The molecule has 0 radical (unpaired) electrons. The minimum absolute atomic E-state index is 0.0891. The number of halogens is 1. The van der Waals surface area contributed by atoms with Crippen LogP contribution in [0.15, 0.2) is 47.1 Å². The second kappa shape index (κ2) is 4.38. The van der Waals surface area contributed by atoms with Gasteiger partial charge in [0.2, 0.25) is 0 Å². The summed E-state index contributed by atoms with van der Waals surface area (Å²) in [6.45, 7) is 0. The number of benzene rings is 1. The quantitative estimate of drug-likeness (QED) is 0.821. The van der Waals surface area contributed by atoms with E-state index in [4.69, 9.17) is 0 Å². The Morgan fingerprint density at radius 2 is 2.11 bits per heavy atom. The summed E-state index contributed by atoms with van der Waals surface area (Å²) in [6.07, 6.45) is 3.51. The van der Waals surface area contributed by atoms with Gasteiger partial charge in [0.15, 0.2) is 0 Å². The maximum atomic E-state index is 11.9. The first-order valence-corrected chi connectivity index (χ1v) is 6.27. The van der Waals surface area contributed by atoms with E-state index in [-0.39, 0.29) is 5.91 Å². The minimum Gasteiger partial charge on any atom is -0.321 e. The molecule has 1 aromatic carbocycles. The van der Waals surface area contributed by atoms with Crippen molar-refractivity contribution in [1.29, 1.82) is 0 Å². The van der Waals surface area contributed by atoms with Crippen molar-refractivity contribution in [3.8, 4) is 0 Å². The van der Waals surface area contributed by atoms with Crippen molar-refractivity contribution in [3.05, 3.63) is 58.3 Å². The van der Waals surface area contributed by atoms with E-state index in [0.717, 1.165) is 21.4 Å². The third kappa shape index (κ3) is 1.95. The molecule has 1 aliphatic heterocycles. The predicted molar refractivity (Wildman–Crippen MR) is 74.9 cm³/mol. The zero-order valence-electron chi connectivity index (χ0n) is 9.35. The zero-order chi connectivity index (χ0) is 12.5. The summed E-state index contributed by atoms with van der Waals surface area (Å²) in [5, 5.41) is 2.84. The normalized spacial score (nSPS) is 15.6. The number of aromatic nitrogens is 1. The van der Waals surface area contributed by atoms with Crippen LogP contribution in [0, 0.1) is 0 Å². The number of fused-ring (bicyclic) bond motifs is 1. The van der Waals surface area contributed by atoms with Crippen molar-refractivity contribution >= 4 is 39.2 Å². The molecule has 4 heteroatoms. The number of nitrogens with zero attached hydrogens (tertiary/aromatic N) is 1.